The highest BCUT2D eigenvalue weighted by Crippen LogP contribution is 2.21. The molecule has 0 aliphatic rings. The Morgan fingerprint density at radius 3 is 2.43 bits per heavy atom. The first kappa shape index (κ1) is 21.6. The number of benzene rings is 2. The van der Waals surface area contributed by atoms with Crippen LogP contribution in [0.25, 0.3) is 0 Å². The van der Waals surface area contributed by atoms with E-state index in [1.54, 1.807) is 31.2 Å². The minimum atomic E-state index is -3.33. The molecule has 1 amide bonds. The van der Waals surface area contributed by atoms with E-state index in [9.17, 15) is 13.2 Å². The number of nitrogens with zero attached hydrogens (tertiary/aromatic N) is 1. The summed E-state index contributed by atoms with van der Waals surface area (Å²) in [6.45, 7) is 4.52. The zero-order valence-electron chi connectivity index (χ0n) is 16.5. The average Bonchev–Trinajstić information content (AvgIpc) is 2.66. The Hall–Kier alpha value is -2.74. The van der Waals surface area contributed by atoms with Gasteiger partial charge < -0.3 is 14.8 Å². The van der Waals surface area contributed by atoms with Gasteiger partial charge in [0, 0.05) is 13.6 Å². The molecule has 0 aliphatic heterocycles. The van der Waals surface area contributed by atoms with Crippen molar-refractivity contribution in [2.24, 2.45) is 0 Å². The largest absolute Gasteiger partial charge is 0.494 e. The van der Waals surface area contributed by atoms with Crippen molar-refractivity contribution in [3.63, 3.8) is 0 Å². The van der Waals surface area contributed by atoms with E-state index < -0.39 is 16.1 Å². The highest BCUT2D eigenvalue weighted by molar-refractivity contribution is 7.92. The van der Waals surface area contributed by atoms with E-state index in [1.807, 2.05) is 31.2 Å². The quantitative estimate of drug-likeness (QED) is 0.692. The first-order valence-corrected chi connectivity index (χ1v) is 10.8. The van der Waals surface area contributed by atoms with E-state index in [0.29, 0.717) is 24.6 Å². The third-order valence-electron chi connectivity index (χ3n) is 4.06. The molecule has 0 saturated heterocycles. The van der Waals surface area contributed by atoms with Gasteiger partial charge in [-0.1, -0.05) is 12.1 Å². The predicted molar refractivity (Wildman–Crippen MR) is 109 cm³/mol. The number of rotatable bonds is 9. The highest BCUT2D eigenvalue weighted by Gasteiger charge is 2.16. The van der Waals surface area contributed by atoms with Crippen molar-refractivity contribution in [1.29, 1.82) is 0 Å². The maximum atomic E-state index is 12.3. The van der Waals surface area contributed by atoms with Crippen LogP contribution in [-0.4, -0.2) is 40.3 Å². The van der Waals surface area contributed by atoms with Crippen LogP contribution in [0.1, 0.15) is 19.4 Å². The number of hydrogen-bond acceptors (Lipinski definition) is 5. The monoisotopic (exact) mass is 406 g/mol. The Morgan fingerprint density at radius 2 is 1.82 bits per heavy atom. The first-order valence-electron chi connectivity index (χ1n) is 8.90. The van der Waals surface area contributed by atoms with E-state index in [-0.39, 0.29) is 5.91 Å². The molecule has 0 heterocycles. The number of nitrogens with one attached hydrogen (secondary N) is 1. The number of anilines is 1. The molecular formula is C20H26N2O5S. The minimum Gasteiger partial charge on any atom is -0.494 e. The molecule has 28 heavy (non-hydrogen) atoms. The summed E-state index contributed by atoms with van der Waals surface area (Å²) in [5.74, 6) is 0.989. The van der Waals surface area contributed by atoms with Gasteiger partial charge in [-0.15, -0.1) is 0 Å². The molecule has 2 aromatic rings. The first-order chi connectivity index (χ1) is 13.2. The molecule has 2 aromatic carbocycles. The van der Waals surface area contributed by atoms with Crippen LogP contribution in [0.4, 0.5) is 5.69 Å². The van der Waals surface area contributed by atoms with Crippen LogP contribution >= 0.6 is 0 Å². The van der Waals surface area contributed by atoms with Gasteiger partial charge in [0.15, 0.2) is 6.10 Å². The van der Waals surface area contributed by atoms with Crippen LogP contribution in [0.15, 0.2) is 48.5 Å². The molecule has 0 radical (unpaired) electrons. The molecule has 7 nitrogen and oxygen atoms in total. The Kier molecular flexibility index (Phi) is 7.28. The molecule has 8 heteroatoms. The number of sulfonamides is 1. The maximum Gasteiger partial charge on any atom is 0.261 e. The third-order valence-corrected chi connectivity index (χ3v) is 5.26. The number of carbonyl (C=O) groups is 1. The molecule has 1 atom stereocenters. The van der Waals surface area contributed by atoms with E-state index in [2.05, 4.69) is 5.32 Å². The molecule has 2 rings (SSSR count). The summed E-state index contributed by atoms with van der Waals surface area (Å²) < 4.78 is 35.4. The fourth-order valence-corrected chi connectivity index (χ4v) is 2.93. The van der Waals surface area contributed by atoms with E-state index in [4.69, 9.17) is 9.47 Å². The standard InChI is InChI=1S/C20H26N2O5S/c1-5-26-19-8-6-7-16(13-19)14-21-20(23)15(2)27-18-11-9-17(10-12-18)22(3)28(4,24)25/h6-13,15H,5,14H2,1-4H3,(H,21,23). The molecule has 0 aliphatic carbocycles. The summed E-state index contributed by atoms with van der Waals surface area (Å²) in [6.07, 6.45) is 0.432. The lowest BCUT2D eigenvalue weighted by molar-refractivity contribution is -0.127. The van der Waals surface area contributed by atoms with Gasteiger partial charge in [-0.3, -0.25) is 9.10 Å². The smallest absolute Gasteiger partial charge is 0.261 e. The fraction of sp³-hybridized carbons (Fsp3) is 0.350. The van der Waals surface area contributed by atoms with Crippen molar-refractivity contribution in [2.75, 3.05) is 24.2 Å². The Bertz CT molecular complexity index is 897. The van der Waals surface area contributed by atoms with Crippen molar-refractivity contribution in [2.45, 2.75) is 26.5 Å². The van der Waals surface area contributed by atoms with Crippen molar-refractivity contribution < 1.29 is 22.7 Å². The Labute approximate surface area is 166 Å². The van der Waals surface area contributed by atoms with Crippen LogP contribution in [0, 0.1) is 0 Å². The second kappa shape index (κ2) is 9.45. The van der Waals surface area contributed by atoms with Crippen molar-refractivity contribution >= 4 is 21.6 Å². The number of carbonyl (C=O) groups excluding carboxylic acids is 1. The van der Waals surface area contributed by atoms with Gasteiger partial charge in [0.1, 0.15) is 11.5 Å². The molecule has 0 fully saturated rings. The lowest BCUT2D eigenvalue weighted by Crippen LogP contribution is -2.35. The van der Waals surface area contributed by atoms with Crippen molar-refractivity contribution in [3.05, 3.63) is 54.1 Å². The second-order valence-electron chi connectivity index (χ2n) is 6.28. The third kappa shape index (κ3) is 6.16. The van der Waals surface area contributed by atoms with E-state index in [0.717, 1.165) is 17.6 Å². The summed E-state index contributed by atoms with van der Waals surface area (Å²) >= 11 is 0. The Morgan fingerprint density at radius 1 is 1.14 bits per heavy atom. The molecule has 0 spiro atoms. The maximum absolute atomic E-state index is 12.3. The molecule has 1 N–H and O–H groups in total. The van der Waals surface area contributed by atoms with Gasteiger partial charge in [0.25, 0.3) is 5.91 Å². The summed E-state index contributed by atoms with van der Waals surface area (Å²) in [7, 11) is -1.85. The minimum absolute atomic E-state index is 0.251. The molecular weight excluding hydrogens is 380 g/mol. The molecule has 152 valence electrons. The zero-order valence-corrected chi connectivity index (χ0v) is 17.3. The van der Waals surface area contributed by atoms with Crippen LogP contribution in [0.3, 0.4) is 0 Å². The summed E-state index contributed by atoms with van der Waals surface area (Å²) in [5, 5.41) is 2.83. The van der Waals surface area contributed by atoms with Crippen LogP contribution in [-0.2, 0) is 21.4 Å². The predicted octanol–water partition coefficient (Wildman–Crippen LogP) is 2.56. The highest BCUT2D eigenvalue weighted by atomic mass is 32.2. The molecule has 0 saturated carbocycles. The Balaban J connectivity index is 1.91. The number of ether oxygens (including phenoxy) is 2. The average molecular weight is 407 g/mol. The number of hydrogen-bond donors (Lipinski definition) is 1. The van der Waals surface area contributed by atoms with Crippen LogP contribution in [0.2, 0.25) is 0 Å². The van der Waals surface area contributed by atoms with Gasteiger partial charge in [-0.25, -0.2) is 8.42 Å². The zero-order chi connectivity index (χ0) is 20.7. The lowest BCUT2D eigenvalue weighted by Gasteiger charge is -2.18. The molecule has 0 bridgehead atoms. The molecule has 0 aromatic heterocycles. The SMILES string of the molecule is CCOc1cccc(CNC(=O)C(C)Oc2ccc(N(C)S(C)(=O)=O)cc2)c1. The van der Waals surface area contributed by atoms with Gasteiger partial charge in [0.05, 0.1) is 18.6 Å². The normalized spacial score (nSPS) is 12.1. The van der Waals surface area contributed by atoms with Crippen molar-refractivity contribution in [1.82, 2.24) is 5.32 Å². The summed E-state index contributed by atoms with van der Waals surface area (Å²) in [4.78, 5) is 12.3. The topological polar surface area (TPSA) is 84.9 Å². The summed E-state index contributed by atoms with van der Waals surface area (Å²) in [5.41, 5.74) is 1.45. The van der Waals surface area contributed by atoms with Gasteiger partial charge in [-0.05, 0) is 55.8 Å². The fourth-order valence-electron chi connectivity index (χ4n) is 2.43. The number of amides is 1. The van der Waals surface area contributed by atoms with Gasteiger partial charge >= 0.3 is 0 Å². The van der Waals surface area contributed by atoms with Gasteiger partial charge in [0.2, 0.25) is 10.0 Å². The molecule has 1 unspecified atom stereocenters. The lowest BCUT2D eigenvalue weighted by atomic mass is 10.2. The van der Waals surface area contributed by atoms with Crippen LogP contribution < -0.4 is 19.1 Å². The second-order valence-corrected chi connectivity index (χ2v) is 8.30. The van der Waals surface area contributed by atoms with Crippen LogP contribution in [0.5, 0.6) is 11.5 Å². The van der Waals surface area contributed by atoms with Gasteiger partial charge in [-0.2, -0.15) is 0 Å². The van der Waals surface area contributed by atoms with E-state index in [1.165, 1.54) is 11.4 Å². The summed E-state index contributed by atoms with van der Waals surface area (Å²) in [6, 6.07) is 14.0. The van der Waals surface area contributed by atoms with Crippen molar-refractivity contribution in [3.8, 4) is 11.5 Å². The van der Waals surface area contributed by atoms with E-state index >= 15 is 0 Å².